The van der Waals surface area contributed by atoms with Gasteiger partial charge in [0.25, 0.3) is 0 Å². The lowest BCUT2D eigenvalue weighted by Gasteiger charge is -2.05. The summed E-state index contributed by atoms with van der Waals surface area (Å²) in [6.07, 6.45) is 1.91. The van der Waals surface area contributed by atoms with Gasteiger partial charge in [0.15, 0.2) is 0 Å². The van der Waals surface area contributed by atoms with Crippen LogP contribution in [0, 0.1) is 0 Å². The second-order valence-corrected chi connectivity index (χ2v) is 2.27. The van der Waals surface area contributed by atoms with Crippen molar-refractivity contribution in [3.63, 3.8) is 0 Å². The molecule has 0 radical (unpaired) electrons. The number of carbonyl (C=O) groups is 2. The van der Waals surface area contributed by atoms with E-state index >= 15 is 0 Å². The van der Waals surface area contributed by atoms with Crippen LogP contribution in [0.25, 0.3) is 0 Å². The van der Waals surface area contributed by atoms with Gasteiger partial charge >= 0.3 is 0 Å². The highest BCUT2D eigenvalue weighted by Gasteiger charge is 2.03. The fourth-order valence-corrected chi connectivity index (χ4v) is 0.639. The van der Waals surface area contributed by atoms with Crippen LogP contribution >= 0.6 is 0 Å². The van der Waals surface area contributed by atoms with Gasteiger partial charge in [0.1, 0.15) is 12.1 Å². The van der Waals surface area contributed by atoms with E-state index in [0.717, 1.165) is 6.29 Å². The van der Waals surface area contributed by atoms with Crippen molar-refractivity contribution in [3.05, 3.63) is 0 Å². The zero-order valence-electron chi connectivity index (χ0n) is 6.39. The van der Waals surface area contributed by atoms with Crippen LogP contribution in [0.2, 0.25) is 0 Å². The summed E-state index contributed by atoms with van der Waals surface area (Å²) in [6.45, 7) is 1.53. The maximum Gasteiger partial charge on any atom is 0.136 e. The third-order valence-electron chi connectivity index (χ3n) is 1.34. The van der Waals surface area contributed by atoms with E-state index in [-0.39, 0.29) is 11.8 Å². The first-order chi connectivity index (χ1) is 4.70. The van der Waals surface area contributed by atoms with E-state index in [1.165, 1.54) is 6.92 Å². The highest BCUT2D eigenvalue weighted by molar-refractivity contribution is 5.76. The Balaban J connectivity index is 3.44. The lowest BCUT2D eigenvalue weighted by atomic mass is 10.1. The van der Waals surface area contributed by atoms with Crippen LogP contribution in [0.4, 0.5) is 0 Å². The van der Waals surface area contributed by atoms with E-state index in [9.17, 15) is 9.59 Å². The summed E-state index contributed by atoms with van der Waals surface area (Å²) in [5, 5.41) is 2.79. The van der Waals surface area contributed by atoms with E-state index < -0.39 is 0 Å². The van der Waals surface area contributed by atoms with Gasteiger partial charge in [-0.25, -0.2) is 0 Å². The van der Waals surface area contributed by atoms with Crippen molar-refractivity contribution in [3.8, 4) is 0 Å². The van der Waals surface area contributed by atoms with Gasteiger partial charge < -0.3 is 14.9 Å². The van der Waals surface area contributed by atoms with E-state index in [2.05, 4.69) is 5.32 Å². The van der Waals surface area contributed by atoms with E-state index in [0.29, 0.717) is 12.8 Å². The molecule has 10 heavy (non-hydrogen) atoms. The van der Waals surface area contributed by atoms with E-state index in [1.807, 2.05) is 0 Å². The molecule has 0 bridgehead atoms. The molecular formula is C7H13NO2. The second-order valence-electron chi connectivity index (χ2n) is 2.27. The van der Waals surface area contributed by atoms with Crippen molar-refractivity contribution < 1.29 is 9.59 Å². The molecule has 58 valence electrons. The Kier molecular flexibility index (Phi) is 4.76. The topological polar surface area (TPSA) is 46.2 Å². The Morgan fingerprint density at radius 3 is 2.60 bits per heavy atom. The van der Waals surface area contributed by atoms with Gasteiger partial charge in [-0.3, -0.25) is 0 Å². The summed E-state index contributed by atoms with van der Waals surface area (Å²) >= 11 is 0. The summed E-state index contributed by atoms with van der Waals surface area (Å²) in [4.78, 5) is 20.6. The SMILES string of the molecule is CN[C@H](C=O)CCC(C)=O. The fraction of sp³-hybridized carbons (Fsp3) is 0.714. The molecule has 0 fully saturated rings. The number of hydrogen-bond donors (Lipinski definition) is 1. The Labute approximate surface area is 60.8 Å². The molecule has 0 aromatic carbocycles. The molecule has 0 aliphatic heterocycles. The molecule has 0 spiro atoms. The molecule has 0 rings (SSSR count). The first-order valence-electron chi connectivity index (χ1n) is 3.32. The minimum absolute atomic E-state index is 0.127. The monoisotopic (exact) mass is 143 g/mol. The summed E-state index contributed by atoms with van der Waals surface area (Å²) in [5.41, 5.74) is 0. The van der Waals surface area contributed by atoms with Gasteiger partial charge in [-0.1, -0.05) is 0 Å². The zero-order valence-corrected chi connectivity index (χ0v) is 6.39. The predicted octanol–water partition coefficient (Wildman–Crippen LogP) is 0.142. The zero-order chi connectivity index (χ0) is 7.98. The smallest absolute Gasteiger partial charge is 0.136 e. The number of ketones is 1. The molecule has 0 amide bonds. The molecule has 0 unspecified atom stereocenters. The minimum Gasteiger partial charge on any atom is -0.311 e. The minimum atomic E-state index is -0.163. The predicted molar refractivity (Wildman–Crippen MR) is 38.8 cm³/mol. The van der Waals surface area contributed by atoms with Crippen LogP contribution in [-0.4, -0.2) is 25.2 Å². The summed E-state index contributed by atoms with van der Waals surface area (Å²) in [7, 11) is 1.71. The van der Waals surface area contributed by atoms with Crippen LogP contribution in [0.3, 0.4) is 0 Å². The van der Waals surface area contributed by atoms with Crippen LogP contribution < -0.4 is 5.32 Å². The number of hydrogen-bond acceptors (Lipinski definition) is 3. The number of likely N-dealkylation sites (N-methyl/N-ethyl adjacent to an activating group) is 1. The van der Waals surface area contributed by atoms with Crippen molar-refractivity contribution in [2.75, 3.05) is 7.05 Å². The molecule has 0 saturated carbocycles. The van der Waals surface area contributed by atoms with E-state index in [1.54, 1.807) is 7.05 Å². The maximum atomic E-state index is 10.4. The molecule has 0 aromatic heterocycles. The van der Waals surface area contributed by atoms with Gasteiger partial charge in [0, 0.05) is 6.42 Å². The number of nitrogens with one attached hydrogen (secondary N) is 1. The van der Waals surface area contributed by atoms with Gasteiger partial charge in [-0.2, -0.15) is 0 Å². The van der Waals surface area contributed by atoms with Crippen LogP contribution in [0.1, 0.15) is 19.8 Å². The molecule has 0 saturated heterocycles. The standard InChI is InChI=1S/C7H13NO2/c1-6(10)3-4-7(5-9)8-2/h5,7-8H,3-4H2,1-2H3/t7-/m0/s1. The number of aldehydes is 1. The van der Waals surface area contributed by atoms with Gasteiger partial charge in [-0.05, 0) is 20.4 Å². The largest absolute Gasteiger partial charge is 0.311 e. The van der Waals surface area contributed by atoms with Crippen LogP contribution in [0.5, 0.6) is 0 Å². The van der Waals surface area contributed by atoms with Crippen molar-refractivity contribution in [2.45, 2.75) is 25.8 Å². The summed E-state index contributed by atoms with van der Waals surface area (Å²) in [5.74, 6) is 0.127. The first kappa shape index (κ1) is 9.30. The van der Waals surface area contributed by atoms with Crippen molar-refractivity contribution >= 4 is 12.1 Å². The molecule has 0 heterocycles. The first-order valence-corrected chi connectivity index (χ1v) is 3.32. The van der Waals surface area contributed by atoms with Gasteiger partial charge in [0.05, 0.1) is 6.04 Å². The number of carbonyl (C=O) groups excluding carboxylic acids is 2. The number of Topliss-reactive ketones (excluding diaryl/α,β-unsaturated/α-hetero) is 1. The van der Waals surface area contributed by atoms with Crippen molar-refractivity contribution in [1.29, 1.82) is 0 Å². The Morgan fingerprint density at radius 1 is 1.70 bits per heavy atom. The third-order valence-corrected chi connectivity index (χ3v) is 1.34. The normalized spacial score (nSPS) is 12.6. The highest BCUT2D eigenvalue weighted by Crippen LogP contribution is 1.93. The van der Waals surface area contributed by atoms with Crippen molar-refractivity contribution in [1.82, 2.24) is 5.32 Å². The number of rotatable bonds is 5. The molecule has 0 aliphatic rings. The molecule has 3 heteroatoms. The summed E-state index contributed by atoms with van der Waals surface area (Å²) in [6, 6.07) is -0.163. The Morgan fingerprint density at radius 2 is 2.30 bits per heavy atom. The molecule has 3 nitrogen and oxygen atoms in total. The maximum absolute atomic E-state index is 10.4. The van der Waals surface area contributed by atoms with Gasteiger partial charge in [0.2, 0.25) is 0 Å². The lowest BCUT2D eigenvalue weighted by molar-refractivity contribution is -0.117. The average molecular weight is 143 g/mol. The molecule has 1 N–H and O–H groups in total. The Bertz CT molecular complexity index is 123. The quantitative estimate of drug-likeness (QED) is 0.557. The molecule has 0 aliphatic carbocycles. The van der Waals surface area contributed by atoms with Gasteiger partial charge in [-0.15, -0.1) is 0 Å². The van der Waals surface area contributed by atoms with Crippen molar-refractivity contribution in [2.24, 2.45) is 0 Å². The van der Waals surface area contributed by atoms with Crippen LogP contribution in [0.15, 0.2) is 0 Å². The van der Waals surface area contributed by atoms with E-state index in [4.69, 9.17) is 0 Å². The highest BCUT2D eigenvalue weighted by atomic mass is 16.1. The molecule has 0 aromatic rings. The summed E-state index contributed by atoms with van der Waals surface area (Å²) < 4.78 is 0. The molecular weight excluding hydrogens is 130 g/mol. The van der Waals surface area contributed by atoms with Crippen LogP contribution in [-0.2, 0) is 9.59 Å². The second kappa shape index (κ2) is 5.11. The Hall–Kier alpha value is -0.700. The third kappa shape index (κ3) is 4.21. The fourth-order valence-electron chi connectivity index (χ4n) is 0.639. The average Bonchev–Trinajstić information content (AvgIpc) is 1.90. The molecule has 1 atom stereocenters. The lowest BCUT2D eigenvalue weighted by Crippen LogP contribution is -2.26.